The van der Waals surface area contributed by atoms with Crippen LogP contribution >= 0.6 is 0 Å². The van der Waals surface area contributed by atoms with Crippen LogP contribution in [-0.2, 0) is 9.53 Å². The highest BCUT2D eigenvalue weighted by atomic mass is 19.1. The molecule has 1 aromatic carbocycles. The Balaban J connectivity index is 2.23. The molecule has 0 spiro atoms. The van der Waals surface area contributed by atoms with E-state index in [9.17, 15) is 9.18 Å². The van der Waals surface area contributed by atoms with E-state index in [1.165, 1.54) is 12.1 Å². The van der Waals surface area contributed by atoms with Crippen LogP contribution < -0.4 is 5.32 Å². The van der Waals surface area contributed by atoms with E-state index in [4.69, 9.17) is 4.74 Å². The van der Waals surface area contributed by atoms with Gasteiger partial charge < -0.3 is 10.1 Å². The Morgan fingerprint density at radius 2 is 2.16 bits per heavy atom. The van der Waals surface area contributed by atoms with E-state index in [0.717, 1.165) is 18.4 Å². The van der Waals surface area contributed by atoms with Gasteiger partial charge in [0.1, 0.15) is 11.4 Å². The van der Waals surface area contributed by atoms with E-state index in [2.05, 4.69) is 5.32 Å². The zero-order valence-electron chi connectivity index (χ0n) is 11.6. The average Bonchev–Trinajstić information content (AvgIpc) is 3.11. The summed E-state index contributed by atoms with van der Waals surface area (Å²) in [6, 6.07) is 4.71. The number of hydrogen-bond acceptors (Lipinski definition) is 3. The van der Waals surface area contributed by atoms with Crippen LogP contribution in [0.15, 0.2) is 18.2 Å². The van der Waals surface area contributed by atoms with Crippen molar-refractivity contribution in [1.82, 2.24) is 0 Å². The van der Waals surface area contributed by atoms with Gasteiger partial charge in [-0.1, -0.05) is 0 Å². The Bertz CT molecular complexity index is 465. The zero-order valence-corrected chi connectivity index (χ0v) is 11.6. The van der Waals surface area contributed by atoms with Crippen molar-refractivity contribution in [2.45, 2.75) is 39.2 Å². The molecule has 4 heteroatoms. The summed E-state index contributed by atoms with van der Waals surface area (Å²) in [5.41, 5.74) is 0.681. The molecular formula is C15H20FNO2. The van der Waals surface area contributed by atoms with Crippen LogP contribution in [-0.4, -0.2) is 18.1 Å². The number of aryl methyl sites for hydroxylation is 1. The Kier molecular flexibility index (Phi) is 3.78. The van der Waals surface area contributed by atoms with Gasteiger partial charge >= 0.3 is 5.97 Å². The minimum atomic E-state index is -0.768. The first-order chi connectivity index (χ1) is 8.95. The van der Waals surface area contributed by atoms with Crippen LogP contribution in [0.1, 0.15) is 32.3 Å². The molecule has 0 aromatic heterocycles. The zero-order chi connectivity index (χ0) is 14.0. The van der Waals surface area contributed by atoms with Crippen LogP contribution in [0.2, 0.25) is 0 Å². The molecule has 1 saturated carbocycles. The molecule has 1 atom stereocenters. The Morgan fingerprint density at radius 3 is 2.68 bits per heavy atom. The quantitative estimate of drug-likeness (QED) is 0.830. The second kappa shape index (κ2) is 5.19. The van der Waals surface area contributed by atoms with Gasteiger partial charge in [0.05, 0.1) is 6.61 Å². The topological polar surface area (TPSA) is 38.3 Å². The summed E-state index contributed by atoms with van der Waals surface area (Å²) in [6.45, 7) is 5.80. The van der Waals surface area contributed by atoms with Crippen molar-refractivity contribution in [3.63, 3.8) is 0 Å². The number of benzene rings is 1. The number of halogens is 1. The van der Waals surface area contributed by atoms with Crippen LogP contribution in [0, 0.1) is 18.7 Å². The summed E-state index contributed by atoms with van der Waals surface area (Å²) in [5.74, 6) is -0.306. The minimum Gasteiger partial charge on any atom is -0.464 e. The summed E-state index contributed by atoms with van der Waals surface area (Å²) >= 11 is 0. The molecule has 0 bridgehead atoms. The monoisotopic (exact) mass is 265 g/mol. The van der Waals surface area contributed by atoms with Crippen molar-refractivity contribution in [2.75, 3.05) is 11.9 Å². The maximum Gasteiger partial charge on any atom is 0.331 e. The molecule has 1 unspecified atom stereocenters. The number of carbonyl (C=O) groups is 1. The summed E-state index contributed by atoms with van der Waals surface area (Å²) in [4.78, 5) is 12.1. The molecule has 1 aliphatic carbocycles. The van der Waals surface area contributed by atoms with Gasteiger partial charge in [-0.25, -0.2) is 9.18 Å². The molecule has 1 fully saturated rings. The summed E-state index contributed by atoms with van der Waals surface area (Å²) < 4.78 is 18.6. The lowest BCUT2D eigenvalue weighted by Crippen LogP contribution is -2.46. The molecule has 0 amide bonds. The van der Waals surface area contributed by atoms with Gasteiger partial charge in [0.25, 0.3) is 0 Å². The molecule has 2 rings (SSSR count). The Labute approximate surface area is 113 Å². The molecule has 0 saturated heterocycles. The fourth-order valence-electron chi connectivity index (χ4n) is 2.37. The Morgan fingerprint density at radius 1 is 1.47 bits per heavy atom. The largest absolute Gasteiger partial charge is 0.464 e. The predicted molar refractivity (Wildman–Crippen MR) is 72.5 cm³/mol. The number of nitrogens with one attached hydrogen (secondary N) is 1. The first-order valence-corrected chi connectivity index (χ1v) is 6.68. The van der Waals surface area contributed by atoms with Crippen molar-refractivity contribution < 1.29 is 13.9 Å². The number of rotatable bonds is 5. The molecule has 1 aliphatic rings. The van der Waals surface area contributed by atoms with Crippen molar-refractivity contribution in [2.24, 2.45) is 5.92 Å². The molecule has 1 aromatic rings. The van der Waals surface area contributed by atoms with Crippen LogP contribution in [0.25, 0.3) is 0 Å². The van der Waals surface area contributed by atoms with Crippen LogP contribution in [0.4, 0.5) is 10.1 Å². The van der Waals surface area contributed by atoms with E-state index >= 15 is 0 Å². The van der Waals surface area contributed by atoms with E-state index in [0.29, 0.717) is 12.3 Å². The molecule has 0 heterocycles. The van der Waals surface area contributed by atoms with E-state index < -0.39 is 5.54 Å². The highest BCUT2D eigenvalue weighted by molar-refractivity contribution is 5.85. The summed E-state index contributed by atoms with van der Waals surface area (Å²) in [7, 11) is 0. The van der Waals surface area contributed by atoms with Gasteiger partial charge in [0.15, 0.2) is 0 Å². The predicted octanol–water partition coefficient (Wildman–Crippen LogP) is 3.28. The van der Waals surface area contributed by atoms with Gasteiger partial charge in [0.2, 0.25) is 0 Å². The fraction of sp³-hybridized carbons (Fsp3) is 0.533. The number of anilines is 1. The smallest absolute Gasteiger partial charge is 0.331 e. The first kappa shape index (κ1) is 13.8. The normalized spacial score (nSPS) is 17.7. The van der Waals surface area contributed by atoms with Gasteiger partial charge in [-0.15, -0.1) is 0 Å². The summed E-state index contributed by atoms with van der Waals surface area (Å²) in [5, 5.41) is 3.17. The molecule has 1 N–H and O–H groups in total. The maximum absolute atomic E-state index is 13.4. The second-order valence-electron chi connectivity index (χ2n) is 5.34. The molecule has 104 valence electrons. The van der Waals surface area contributed by atoms with Crippen LogP contribution in [0.5, 0.6) is 0 Å². The van der Waals surface area contributed by atoms with Crippen LogP contribution in [0.3, 0.4) is 0 Å². The molecular weight excluding hydrogens is 245 g/mol. The number of ether oxygens (including phenoxy) is 1. The van der Waals surface area contributed by atoms with Crippen molar-refractivity contribution in [3.8, 4) is 0 Å². The SMILES string of the molecule is CCOC(=O)C(C)(Nc1cc(C)cc(F)c1)C1CC1. The number of carbonyl (C=O) groups excluding carboxylic acids is 1. The third-order valence-corrected chi connectivity index (χ3v) is 3.54. The van der Waals surface area contributed by atoms with Crippen molar-refractivity contribution in [3.05, 3.63) is 29.6 Å². The van der Waals surface area contributed by atoms with E-state index in [1.807, 2.05) is 19.9 Å². The highest BCUT2D eigenvalue weighted by Crippen LogP contribution is 2.42. The molecule has 3 nitrogen and oxygen atoms in total. The summed E-state index contributed by atoms with van der Waals surface area (Å²) in [6.07, 6.45) is 1.99. The Hall–Kier alpha value is -1.58. The van der Waals surface area contributed by atoms with Gasteiger partial charge in [-0.2, -0.15) is 0 Å². The highest BCUT2D eigenvalue weighted by Gasteiger charge is 2.48. The van der Waals surface area contributed by atoms with E-state index in [-0.39, 0.29) is 17.7 Å². The molecule has 0 aliphatic heterocycles. The van der Waals surface area contributed by atoms with Crippen molar-refractivity contribution >= 4 is 11.7 Å². The third kappa shape index (κ3) is 3.06. The fourth-order valence-corrected chi connectivity index (χ4v) is 2.37. The molecule has 19 heavy (non-hydrogen) atoms. The molecule has 0 radical (unpaired) electrons. The first-order valence-electron chi connectivity index (χ1n) is 6.68. The lowest BCUT2D eigenvalue weighted by atomic mass is 9.95. The van der Waals surface area contributed by atoms with E-state index in [1.54, 1.807) is 6.92 Å². The number of hydrogen-bond donors (Lipinski definition) is 1. The van der Waals surface area contributed by atoms with Crippen molar-refractivity contribution in [1.29, 1.82) is 0 Å². The standard InChI is InChI=1S/C15H20FNO2/c1-4-19-14(18)15(3,11-5-6-11)17-13-8-10(2)7-12(16)9-13/h7-9,11,17H,4-6H2,1-3H3. The maximum atomic E-state index is 13.4. The van der Waals surface area contributed by atoms with Gasteiger partial charge in [-0.3, -0.25) is 0 Å². The number of esters is 1. The average molecular weight is 265 g/mol. The second-order valence-corrected chi connectivity index (χ2v) is 5.34. The lowest BCUT2D eigenvalue weighted by Gasteiger charge is -2.29. The lowest BCUT2D eigenvalue weighted by molar-refractivity contribution is -0.148. The minimum absolute atomic E-state index is 0.259. The van der Waals surface area contributed by atoms with Gasteiger partial charge in [-0.05, 0) is 63.3 Å². The third-order valence-electron chi connectivity index (χ3n) is 3.54. The van der Waals surface area contributed by atoms with Gasteiger partial charge in [0, 0.05) is 5.69 Å².